The van der Waals surface area contributed by atoms with E-state index in [4.69, 9.17) is 4.18 Å². The lowest BCUT2D eigenvalue weighted by Gasteiger charge is -2.05. The summed E-state index contributed by atoms with van der Waals surface area (Å²) in [6.45, 7) is 2.48. The van der Waals surface area contributed by atoms with Crippen LogP contribution in [0.1, 0.15) is 51.9 Å². The van der Waals surface area contributed by atoms with Crippen molar-refractivity contribution < 1.29 is 12.6 Å². The van der Waals surface area contributed by atoms with Crippen LogP contribution in [-0.2, 0) is 14.3 Å². The van der Waals surface area contributed by atoms with Gasteiger partial charge in [0, 0.05) is 0 Å². The van der Waals surface area contributed by atoms with Crippen LogP contribution in [0.5, 0.6) is 0 Å². The van der Waals surface area contributed by atoms with E-state index >= 15 is 0 Å². The van der Waals surface area contributed by atoms with Crippen LogP contribution in [0, 0.1) is 0 Å². The Morgan fingerprint density at radius 2 is 1.45 bits per heavy atom. The maximum absolute atomic E-state index is 11.8. The van der Waals surface area contributed by atoms with Crippen molar-refractivity contribution in [2.24, 2.45) is 0 Å². The molecule has 0 saturated carbocycles. The zero-order valence-electron chi connectivity index (χ0n) is 11.7. The molecule has 0 N–H and O–H groups in total. The highest BCUT2D eigenvalue weighted by molar-refractivity contribution is 7.86. The third-order valence-electron chi connectivity index (χ3n) is 3.02. The number of unbranched alkanes of at least 4 members (excludes halogenated alkanes) is 6. The molecule has 0 bridgehead atoms. The third-order valence-corrected chi connectivity index (χ3v) is 4.34. The molecule has 1 aromatic carbocycles. The number of rotatable bonds is 10. The van der Waals surface area contributed by atoms with E-state index in [0.29, 0.717) is 0 Å². The molecule has 0 aromatic heterocycles. The summed E-state index contributed by atoms with van der Waals surface area (Å²) in [5.41, 5.74) is 0. The maximum atomic E-state index is 11.8. The first-order chi connectivity index (χ1) is 9.17. The van der Waals surface area contributed by atoms with Gasteiger partial charge in [-0.15, -0.1) is 0 Å². The van der Waals surface area contributed by atoms with Gasteiger partial charge in [0.25, 0.3) is 10.1 Å². The van der Waals surface area contributed by atoms with Crippen molar-refractivity contribution >= 4 is 33.2 Å². The monoisotopic (exact) mass is 310 g/mol. The van der Waals surface area contributed by atoms with Gasteiger partial charge in [0.05, 0.1) is 11.5 Å². The molecule has 0 aliphatic carbocycles. The largest absolute Gasteiger partial charge is 0.316 e. The van der Waals surface area contributed by atoms with E-state index in [1.165, 1.54) is 25.7 Å². The summed E-state index contributed by atoms with van der Waals surface area (Å²) in [5, 5.41) is 0. The number of benzene rings is 1. The van der Waals surface area contributed by atoms with Gasteiger partial charge in [0.15, 0.2) is 0 Å². The van der Waals surface area contributed by atoms with Crippen LogP contribution in [0.3, 0.4) is 0 Å². The van der Waals surface area contributed by atoms with Crippen molar-refractivity contribution in [3.63, 3.8) is 0 Å². The SMILES string of the molecule is CCCCCCCCCOS(=O)(=O)c1ccccc1.[MgH2]. The van der Waals surface area contributed by atoms with Gasteiger partial charge < -0.3 is 0 Å². The minimum Gasteiger partial charge on any atom is -0.266 e. The molecule has 0 fully saturated rings. The van der Waals surface area contributed by atoms with Gasteiger partial charge >= 0.3 is 23.1 Å². The van der Waals surface area contributed by atoms with Crippen molar-refractivity contribution in [3.8, 4) is 0 Å². The highest BCUT2D eigenvalue weighted by Crippen LogP contribution is 2.13. The van der Waals surface area contributed by atoms with E-state index in [0.717, 1.165) is 19.3 Å². The lowest BCUT2D eigenvalue weighted by molar-refractivity contribution is 0.306. The van der Waals surface area contributed by atoms with Gasteiger partial charge in [0.1, 0.15) is 0 Å². The van der Waals surface area contributed by atoms with Crippen LogP contribution < -0.4 is 0 Å². The molecular weight excluding hydrogens is 285 g/mol. The fraction of sp³-hybridized carbons (Fsp3) is 0.600. The summed E-state index contributed by atoms with van der Waals surface area (Å²) in [6, 6.07) is 8.30. The second-order valence-corrected chi connectivity index (χ2v) is 6.33. The predicted octanol–water partition coefficient (Wildman–Crippen LogP) is 3.23. The molecule has 1 aromatic rings. The van der Waals surface area contributed by atoms with Crippen molar-refractivity contribution in [1.29, 1.82) is 0 Å². The van der Waals surface area contributed by atoms with Crippen molar-refractivity contribution in [2.75, 3.05) is 6.61 Å². The Bertz CT molecular complexity index is 432. The third kappa shape index (κ3) is 8.24. The molecule has 20 heavy (non-hydrogen) atoms. The second kappa shape index (κ2) is 11.5. The van der Waals surface area contributed by atoms with E-state index in [2.05, 4.69) is 6.92 Å². The van der Waals surface area contributed by atoms with Gasteiger partial charge in [0.2, 0.25) is 0 Å². The smallest absolute Gasteiger partial charge is 0.266 e. The molecule has 0 spiro atoms. The first-order valence-corrected chi connectivity index (χ1v) is 8.52. The molecule has 5 heteroatoms. The van der Waals surface area contributed by atoms with Crippen LogP contribution >= 0.6 is 0 Å². The van der Waals surface area contributed by atoms with Crippen LogP contribution in [0.15, 0.2) is 35.2 Å². The van der Waals surface area contributed by atoms with Crippen LogP contribution in [-0.4, -0.2) is 38.1 Å². The highest BCUT2D eigenvalue weighted by Gasteiger charge is 2.13. The fourth-order valence-corrected chi connectivity index (χ4v) is 2.85. The van der Waals surface area contributed by atoms with Crippen molar-refractivity contribution in [2.45, 2.75) is 56.8 Å². The Labute approximate surface area is 139 Å². The van der Waals surface area contributed by atoms with E-state index < -0.39 is 10.1 Å². The molecule has 0 unspecified atom stereocenters. The van der Waals surface area contributed by atoms with Gasteiger partial charge in [-0.2, -0.15) is 8.42 Å². The summed E-state index contributed by atoms with van der Waals surface area (Å²) < 4.78 is 28.6. The summed E-state index contributed by atoms with van der Waals surface area (Å²) in [7, 11) is -3.56. The Morgan fingerprint density at radius 1 is 0.900 bits per heavy atom. The normalized spacial score (nSPS) is 11.1. The quantitative estimate of drug-likeness (QED) is 0.378. The molecule has 0 atom stereocenters. The fourth-order valence-electron chi connectivity index (χ4n) is 1.88. The molecule has 0 aliphatic heterocycles. The predicted molar refractivity (Wildman–Crippen MR) is 86.1 cm³/mol. The average molecular weight is 311 g/mol. The van der Waals surface area contributed by atoms with Gasteiger partial charge in [-0.3, -0.25) is 4.18 Å². The van der Waals surface area contributed by atoms with E-state index in [9.17, 15) is 8.42 Å². The minimum absolute atomic E-state index is 0. The van der Waals surface area contributed by atoms with Gasteiger partial charge in [-0.25, -0.2) is 0 Å². The van der Waals surface area contributed by atoms with Gasteiger partial charge in [-0.05, 0) is 18.6 Å². The molecule has 3 nitrogen and oxygen atoms in total. The standard InChI is InChI=1S/C15H24O3S.Mg.2H/c1-2-3-4-5-6-7-11-14-18-19(16,17)15-12-9-8-10-13-15;;;/h8-10,12-13H,2-7,11,14H2,1H3;;;. The zero-order valence-corrected chi connectivity index (χ0v) is 12.5. The molecule has 112 valence electrons. The zero-order chi connectivity index (χ0) is 14.0. The van der Waals surface area contributed by atoms with Gasteiger partial charge in [-0.1, -0.05) is 63.6 Å². The lowest BCUT2D eigenvalue weighted by Crippen LogP contribution is -2.07. The molecule has 0 aliphatic rings. The van der Waals surface area contributed by atoms with E-state index in [1.54, 1.807) is 30.3 Å². The summed E-state index contributed by atoms with van der Waals surface area (Å²) in [5.74, 6) is 0. The molecular formula is C15H26MgO3S. The number of hydrogen-bond donors (Lipinski definition) is 0. The maximum Gasteiger partial charge on any atom is 0.316 e. The van der Waals surface area contributed by atoms with E-state index in [-0.39, 0.29) is 34.6 Å². The second-order valence-electron chi connectivity index (χ2n) is 4.71. The van der Waals surface area contributed by atoms with E-state index in [1.807, 2.05) is 0 Å². The molecule has 1 rings (SSSR count). The first-order valence-electron chi connectivity index (χ1n) is 7.11. The number of hydrogen-bond acceptors (Lipinski definition) is 3. The molecule has 0 heterocycles. The van der Waals surface area contributed by atoms with Crippen molar-refractivity contribution in [1.82, 2.24) is 0 Å². The average Bonchev–Trinajstić information content (AvgIpc) is 2.43. The Kier molecular flexibility index (Phi) is 11.5. The Balaban J connectivity index is 0.00000361. The molecule has 0 radical (unpaired) electrons. The van der Waals surface area contributed by atoms with Crippen LogP contribution in [0.25, 0.3) is 0 Å². The summed E-state index contributed by atoms with van der Waals surface area (Å²) >= 11 is 0. The first kappa shape index (κ1) is 19.9. The topological polar surface area (TPSA) is 43.4 Å². The molecule has 0 saturated heterocycles. The molecule has 0 amide bonds. The van der Waals surface area contributed by atoms with Crippen LogP contribution in [0.4, 0.5) is 0 Å². The van der Waals surface area contributed by atoms with Crippen molar-refractivity contribution in [3.05, 3.63) is 30.3 Å². The minimum atomic E-state index is -3.56. The summed E-state index contributed by atoms with van der Waals surface area (Å²) in [6.07, 6.45) is 8.05. The Hall–Kier alpha value is -0.104. The highest BCUT2D eigenvalue weighted by atomic mass is 32.2. The summed E-state index contributed by atoms with van der Waals surface area (Å²) in [4.78, 5) is 0.234. The Morgan fingerprint density at radius 3 is 2.05 bits per heavy atom. The lowest BCUT2D eigenvalue weighted by atomic mass is 10.1. The van der Waals surface area contributed by atoms with Crippen LogP contribution in [0.2, 0.25) is 0 Å².